The smallest absolute Gasteiger partial charge is 0 e. The van der Waals surface area contributed by atoms with Crippen LogP contribution in [0.15, 0.2) is 0 Å². The molecule has 0 nitrogen and oxygen atoms in total. The Morgan fingerprint density at radius 2 is 0.700 bits per heavy atom. The van der Waals surface area contributed by atoms with E-state index in [1.807, 2.05) is 0 Å². The fourth-order valence-electron chi connectivity index (χ4n) is 7.54. The quantitative estimate of drug-likeness (QED) is 0.171. The molecule has 0 amide bonds. The fourth-order valence-corrected chi connectivity index (χ4v) is 18.6. The Morgan fingerprint density at radius 1 is 0.467 bits per heavy atom. The summed E-state index contributed by atoms with van der Waals surface area (Å²) in [6.45, 7) is 4.74. The van der Waals surface area contributed by atoms with Gasteiger partial charge < -0.3 is 6.92 Å². The van der Waals surface area contributed by atoms with Crippen molar-refractivity contribution < 1.29 is 20.4 Å². The van der Waals surface area contributed by atoms with Crippen molar-refractivity contribution in [2.75, 3.05) is 0 Å². The molecule has 0 atom stereocenters. The molecule has 0 aromatic heterocycles. The summed E-state index contributed by atoms with van der Waals surface area (Å²) >= 11 is 0. The van der Waals surface area contributed by atoms with Crippen molar-refractivity contribution in [3.63, 3.8) is 0 Å². The summed E-state index contributed by atoms with van der Waals surface area (Å²) in [4.78, 5) is 0. The van der Waals surface area contributed by atoms with Gasteiger partial charge in [-0.1, -0.05) is 92.9 Å². The van der Waals surface area contributed by atoms with Gasteiger partial charge in [-0.3, -0.25) is 0 Å². The van der Waals surface area contributed by atoms with Crippen LogP contribution in [-0.4, -0.2) is 28.0 Å². The number of hydrogen-bond acceptors (Lipinski definition) is 0. The average molecular weight is 542 g/mol. The molecule has 30 heavy (non-hydrogen) atoms. The van der Waals surface area contributed by atoms with Gasteiger partial charge in [-0.2, -0.15) is 6.42 Å². The Kier molecular flexibility index (Phi) is 12.2. The van der Waals surface area contributed by atoms with Gasteiger partial charge in [-0.05, 0) is 79.4 Å². The van der Waals surface area contributed by atoms with Crippen molar-refractivity contribution >= 4 is 15.8 Å². The number of hydrogen-bond donors (Lipinski definition) is 0. The normalized spacial score (nSPS) is 26.4. The standard InChI is InChI=1S/C27H49P2.Pd/c1-2-27(28(23-15-7-3-8-16-23)24-17-9-4-10-18-24)29(25-19-11-5-12-20-25)26-21-13-6-14-22-26;/h23-27H,1-22H2;/q-1;. The molecule has 0 bridgehead atoms. The van der Waals surface area contributed by atoms with E-state index in [-0.39, 0.29) is 36.3 Å². The summed E-state index contributed by atoms with van der Waals surface area (Å²) in [6.07, 6.45) is 32.5. The molecular weight excluding hydrogens is 493 g/mol. The van der Waals surface area contributed by atoms with Gasteiger partial charge in [0.15, 0.2) is 0 Å². The van der Waals surface area contributed by atoms with Gasteiger partial charge in [0.05, 0.1) is 0 Å². The van der Waals surface area contributed by atoms with Crippen LogP contribution in [0.4, 0.5) is 0 Å². The predicted molar refractivity (Wildman–Crippen MR) is 135 cm³/mol. The van der Waals surface area contributed by atoms with E-state index in [1.54, 1.807) is 103 Å². The molecular formula is C27H49P2Pd-. The van der Waals surface area contributed by atoms with E-state index in [4.69, 9.17) is 6.92 Å². The van der Waals surface area contributed by atoms with Gasteiger partial charge >= 0.3 is 0 Å². The number of rotatable bonds is 7. The largest absolute Gasteiger partial charge is 0.342 e. The maximum Gasteiger partial charge on any atom is 0 e. The van der Waals surface area contributed by atoms with Gasteiger partial charge in [0.2, 0.25) is 0 Å². The van der Waals surface area contributed by atoms with Crippen LogP contribution in [0, 0.1) is 6.92 Å². The van der Waals surface area contributed by atoms with Crippen LogP contribution in [0.1, 0.15) is 135 Å². The van der Waals surface area contributed by atoms with Crippen molar-refractivity contribution in [1.82, 2.24) is 0 Å². The van der Waals surface area contributed by atoms with Crippen LogP contribution in [0.25, 0.3) is 0 Å². The minimum absolute atomic E-state index is 0. The molecule has 0 unspecified atom stereocenters. The third kappa shape index (κ3) is 6.78. The van der Waals surface area contributed by atoms with Crippen molar-refractivity contribution in [2.24, 2.45) is 0 Å². The summed E-state index contributed by atoms with van der Waals surface area (Å²) in [5, 5.41) is 1.08. The molecule has 0 saturated heterocycles. The van der Waals surface area contributed by atoms with E-state index < -0.39 is 0 Å². The van der Waals surface area contributed by atoms with Crippen LogP contribution in [-0.2, 0) is 20.4 Å². The van der Waals surface area contributed by atoms with Crippen LogP contribution >= 0.6 is 15.8 Å². The monoisotopic (exact) mass is 541 g/mol. The van der Waals surface area contributed by atoms with E-state index in [9.17, 15) is 0 Å². The third-order valence-corrected chi connectivity index (χ3v) is 17.9. The Balaban J connectivity index is 0.00000256. The van der Waals surface area contributed by atoms with Crippen molar-refractivity contribution in [1.29, 1.82) is 0 Å². The summed E-state index contributed by atoms with van der Waals surface area (Å²) < 4.78 is 0. The predicted octanol–water partition coefficient (Wildman–Crippen LogP) is 9.83. The third-order valence-electron chi connectivity index (χ3n) is 8.93. The topological polar surface area (TPSA) is 0 Å². The zero-order valence-electron chi connectivity index (χ0n) is 19.7. The van der Waals surface area contributed by atoms with E-state index in [2.05, 4.69) is 0 Å². The van der Waals surface area contributed by atoms with E-state index in [0.717, 1.165) is 28.0 Å². The van der Waals surface area contributed by atoms with E-state index in [0.29, 0.717) is 0 Å². The van der Waals surface area contributed by atoms with E-state index >= 15 is 0 Å². The molecule has 0 spiro atoms. The minimum atomic E-state index is 0. The van der Waals surface area contributed by atoms with Crippen LogP contribution in [0.3, 0.4) is 0 Å². The van der Waals surface area contributed by atoms with Gasteiger partial charge in [0, 0.05) is 20.4 Å². The molecule has 4 aliphatic carbocycles. The Morgan fingerprint density at radius 3 is 0.900 bits per heavy atom. The first kappa shape index (κ1) is 26.1. The maximum absolute atomic E-state index is 4.74. The molecule has 4 fully saturated rings. The second-order valence-corrected chi connectivity index (χ2v) is 17.2. The van der Waals surface area contributed by atoms with Gasteiger partial charge in [0.1, 0.15) is 0 Å². The molecule has 4 rings (SSSR count). The fraction of sp³-hybridized carbons (Fsp3) is 0.963. The first-order valence-corrected chi connectivity index (χ1v) is 16.8. The van der Waals surface area contributed by atoms with Crippen molar-refractivity contribution in [2.45, 2.75) is 163 Å². The second-order valence-electron chi connectivity index (χ2n) is 10.8. The maximum atomic E-state index is 4.74. The Bertz CT molecular complexity index is 370. The van der Waals surface area contributed by atoms with Gasteiger partial charge in [-0.25, -0.2) is 0 Å². The molecule has 0 heterocycles. The van der Waals surface area contributed by atoms with Crippen LogP contribution in [0.2, 0.25) is 0 Å². The van der Waals surface area contributed by atoms with Gasteiger partial charge in [-0.15, -0.1) is 0 Å². The molecule has 4 aliphatic rings. The molecule has 0 aromatic carbocycles. The van der Waals surface area contributed by atoms with Crippen molar-refractivity contribution in [3.8, 4) is 0 Å². The molecule has 0 aliphatic heterocycles. The zero-order valence-corrected chi connectivity index (χ0v) is 23.0. The first-order chi connectivity index (χ1) is 14.4. The van der Waals surface area contributed by atoms with E-state index in [1.165, 1.54) is 32.1 Å². The summed E-state index contributed by atoms with van der Waals surface area (Å²) in [5.41, 5.74) is 4.52. The molecule has 178 valence electrons. The minimum Gasteiger partial charge on any atom is -0.342 e. The molecule has 3 heteroatoms. The zero-order chi connectivity index (χ0) is 19.9. The average Bonchev–Trinajstić information content (AvgIpc) is 2.81. The molecule has 0 radical (unpaired) electrons. The Labute approximate surface area is 205 Å². The molecule has 0 aromatic rings. The van der Waals surface area contributed by atoms with Gasteiger partial charge in [0.25, 0.3) is 0 Å². The summed E-state index contributed by atoms with van der Waals surface area (Å²) in [7, 11) is 0.434. The SMILES string of the molecule is [CH2-]CC(P(C1CCCCC1)C1CCCCC1)P(C1CCCCC1)C1CCCCC1.[Pd]. The second kappa shape index (κ2) is 14.0. The van der Waals surface area contributed by atoms with Crippen molar-refractivity contribution in [3.05, 3.63) is 6.92 Å². The summed E-state index contributed by atoms with van der Waals surface area (Å²) in [6, 6.07) is 0. The molecule has 4 saturated carbocycles. The first-order valence-electron chi connectivity index (χ1n) is 13.7. The van der Waals surface area contributed by atoms with Crippen LogP contribution < -0.4 is 0 Å². The summed E-state index contributed by atoms with van der Waals surface area (Å²) in [5.74, 6) is 0. The molecule has 0 N–H and O–H groups in total. The van der Waals surface area contributed by atoms with Crippen LogP contribution in [0.5, 0.6) is 0 Å². The Hall–Kier alpha value is 1.52.